The van der Waals surface area contributed by atoms with E-state index in [1.165, 1.54) is 44.9 Å². The van der Waals surface area contributed by atoms with Crippen molar-refractivity contribution in [3.8, 4) is 0 Å². The van der Waals surface area contributed by atoms with Crippen LogP contribution in [0.4, 0.5) is 0 Å². The number of hydrogen-bond acceptors (Lipinski definition) is 2. The molecule has 1 radical (unpaired) electrons. The van der Waals surface area contributed by atoms with Crippen molar-refractivity contribution in [2.45, 2.75) is 97.5 Å². The number of hydrogen-bond donors (Lipinski definition) is 1. The van der Waals surface area contributed by atoms with Gasteiger partial charge in [0.05, 0.1) is 6.10 Å². The first-order chi connectivity index (χ1) is 12.4. The lowest BCUT2D eigenvalue weighted by molar-refractivity contribution is -0.129. The van der Waals surface area contributed by atoms with Crippen LogP contribution in [0.25, 0.3) is 0 Å². The third-order valence-electron chi connectivity index (χ3n) is 10.1. The summed E-state index contributed by atoms with van der Waals surface area (Å²) in [6.45, 7) is 7.58. The molecule has 1 unspecified atom stereocenters. The average molecular weight is 360 g/mol. The molecule has 4 aliphatic carbocycles. The van der Waals surface area contributed by atoms with E-state index in [0.717, 1.165) is 48.9 Å². The zero-order valence-corrected chi connectivity index (χ0v) is 17.2. The molecule has 0 bridgehead atoms. The minimum atomic E-state index is -0.0372. The zero-order valence-electron chi connectivity index (χ0n) is 17.2. The largest absolute Gasteiger partial charge is 0.393 e. The highest BCUT2D eigenvalue weighted by Gasteiger charge is 2.60. The average Bonchev–Trinajstić information content (AvgIpc) is 2.97. The second-order valence-corrected chi connectivity index (χ2v) is 11.0. The summed E-state index contributed by atoms with van der Waals surface area (Å²) in [7, 11) is 0. The fraction of sp³-hybridized carbons (Fsp3) is 0.958. The summed E-state index contributed by atoms with van der Waals surface area (Å²) in [6, 6.07) is 0. The quantitative estimate of drug-likeness (QED) is 0.716. The van der Waals surface area contributed by atoms with E-state index in [2.05, 4.69) is 27.1 Å². The highest BCUT2D eigenvalue weighted by Crippen LogP contribution is 2.68. The Morgan fingerprint density at radius 3 is 2.50 bits per heavy atom. The Morgan fingerprint density at radius 2 is 1.73 bits per heavy atom. The molecule has 4 fully saturated rings. The molecule has 0 aromatic rings. The molecule has 4 saturated carbocycles. The molecule has 4 aliphatic rings. The Labute approximate surface area is 160 Å². The lowest BCUT2D eigenvalue weighted by atomic mass is 9.44. The fourth-order valence-corrected chi connectivity index (χ4v) is 8.70. The normalized spacial score (nSPS) is 51.8. The number of fused-ring (bicyclic) bond motifs is 5. The van der Waals surface area contributed by atoms with Crippen molar-refractivity contribution in [3.05, 3.63) is 0 Å². The third kappa shape index (κ3) is 2.81. The van der Waals surface area contributed by atoms with Crippen molar-refractivity contribution >= 4 is 6.29 Å². The van der Waals surface area contributed by atoms with Crippen LogP contribution in [0, 0.1) is 46.3 Å². The SMILES string of the molecule is C[C@H](CC[C]=O)[C@H]1CC[C@H]2[C@@H]3CC[C@@H]4CC(O)CC[C@]4(C)[C@H]3CC[C@]12C. The maximum Gasteiger partial charge on any atom is 0.198 e. The molecule has 26 heavy (non-hydrogen) atoms. The van der Waals surface area contributed by atoms with E-state index in [4.69, 9.17) is 0 Å². The van der Waals surface area contributed by atoms with E-state index in [1.807, 2.05) is 0 Å². The van der Waals surface area contributed by atoms with Crippen molar-refractivity contribution in [1.29, 1.82) is 0 Å². The molecule has 0 saturated heterocycles. The zero-order chi connectivity index (χ0) is 18.5. The maximum absolute atomic E-state index is 10.7. The molecular weight excluding hydrogens is 320 g/mol. The molecule has 0 amide bonds. The van der Waals surface area contributed by atoms with Crippen LogP contribution in [0.1, 0.15) is 91.4 Å². The Bertz CT molecular complexity index is 530. The van der Waals surface area contributed by atoms with Gasteiger partial charge in [-0.05, 0) is 111 Å². The van der Waals surface area contributed by atoms with Crippen LogP contribution >= 0.6 is 0 Å². The van der Waals surface area contributed by atoms with Crippen LogP contribution < -0.4 is 0 Å². The summed E-state index contributed by atoms with van der Waals surface area (Å²) in [4.78, 5) is 10.7. The number of carbonyl (C=O) groups excluding carboxylic acids is 1. The predicted molar refractivity (Wildman–Crippen MR) is 105 cm³/mol. The van der Waals surface area contributed by atoms with Gasteiger partial charge < -0.3 is 5.11 Å². The highest BCUT2D eigenvalue weighted by molar-refractivity contribution is 5.50. The van der Waals surface area contributed by atoms with Crippen molar-refractivity contribution in [2.24, 2.45) is 46.3 Å². The second-order valence-electron chi connectivity index (χ2n) is 11.0. The smallest absolute Gasteiger partial charge is 0.198 e. The summed E-state index contributed by atoms with van der Waals surface area (Å²) in [5.74, 6) is 4.94. The van der Waals surface area contributed by atoms with Crippen LogP contribution in [0.5, 0.6) is 0 Å². The van der Waals surface area contributed by atoms with E-state index in [9.17, 15) is 9.90 Å². The van der Waals surface area contributed by atoms with Crippen LogP contribution in [-0.2, 0) is 4.79 Å². The molecule has 0 spiro atoms. The third-order valence-corrected chi connectivity index (χ3v) is 10.1. The van der Waals surface area contributed by atoms with Gasteiger partial charge in [-0.3, -0.25) is 4.79 Å². The lowest BCUT2D eigenvalue weighted by Crippen LogP contribution is -2.54. The van der Waals surface area contributed by atoms with Gasteiger partial charge in [0.1, 0.15) is 0 Å². The Hall–Kier alpha value is -0.370. The van der Waals surface area contributed by atoms with Gasteiger partial charge in [-0.1, -0.05) is 20.8 Å². The van der Waals surface area contributed by atoms with Crippen LogP contribution in [0.15, 0.2) is 0 Å². The molecule has 4 rings (SSSR count). The molecule has 0 aliphatic heterocycles. The topological polar surface area (TPSA) is 37.3 Å². The molecule has 1 N–H and O–H groups in total. The molecule has 2 nitrogen and oxygen atoms in total. The first kappa shape index (κ1) is 19.0. The lowest BCUT2D eigenvalue weighted by Gasteiger charge is -2.61. The molecule has 2 heteroatoms. The summed E-state index contributed by atoms with van der Waals surface area (Å²) in [5, 5.41) is 10.2. The molecule has 147 valence electrons. The molecular formula is C24H39O2. The van der Waals surface area contributed by atoms with E-state index in [1.54, 1.807) is 0 Å². The van der Waals surface area contributed by atoms with Crippen molar-refractivity contribution in [2.75, 3.05) is 0 Å². The van der Waals surface area contributed by atoms with Gasteiger partial charge in [-0.25, -0.2) is 0 Å². The summed E-state index contributed by atoms with van der Waals surface area (Å²) in [6.07, 6.45) is 15.4. The van der Waals surface area contributed by atoms with Gasteiger partial charge in [0.15, 0.2) is 6.29 Å². The Balaban J connectivity index is 1.53. The second kappa shape index (κ2) is 6.90. The van der Waals surface area contributed by atoms with E-state index >= 15 is 0 Å². The first-order valence-corrected chi connectivity index (χ1v) is 11.4. The van der Waals surface area contributed by atoms with Crippen molar-refractivity contribution in [1.82, 2.24) is 0 Å². The molecule has 0 aromatic heterocycles. The monoisotopic (exact) mass is 359 g/mol. The van der Waals surface area contributed by atoms with Crippen molar-refractivity contribution < 1.29 is 9.90 Å². The summed E-state index contributed by atoms with van der Waals surface area (Å²) in [5.41, 5.74) is 0.987. The minimum Gasteiger partial charge on any atom is -0.393 e. The number of rotatable bonds is 4. The van der Waals surface area contributed by atoms with E-state index < -0.39 is 0 Å². The number of aliphatic hydroxyl groups is 1. The van der Waals surface area contributed by atoms with Crippen molar-refractivity contribution in [3.63, 3.8) is 0 Å². The molecule has 0 aromatic carbocycles. The van der Waals surface area contributed by atoms with Crippen LogP contribution in [0.2, 0.25) is 0 Å². The van der Waals surface area contributed by atoms with Gasteiger partial charge >= 0.3 is 0 Å². The summed E-state index contributed by atoms with van der Waals surface area (Å²) >= 11 is 0. The standard InChI is InChI=1S/C24H39O2/c1-16(5-4-14-25)20-8-9-21-19-7-6-17-15-18(26)10-12-23(17,2)22(19)11-13-24(20,21)3/h16-22,26H,4-13,15H2,1-3H3/t16-,17-,18?,19+,20-,21+,22+,23+,24-/m1/s1. The predicted octanol–water partition coefficient (Wildman–Crippen LogP) is 5.53. The Morgan fingerprint density at radius 1 is 1.00 bits per heavy atom. The van der Waals surface area contributed by atoms with Gasteiger partial charge in [0.25, 0.3) is 0 Å². The molecule has 9 atom stereocenters. The minimum absolute atomic E-state index is 0.0372. The van der Waals surface area contributed by atoms with Gasteiger partial charge in [0, 0.05) is 6.42 Å². The van der Waals surface area contributed by atoms with Gasteiger partial charge in [-0.2, -0.15) is 0 Å². The van der Waals surface area contributed by atoms with Crippen LogP contribution in [0.3, 0.4) is 0 Å². The molecule has 0 heterocycles. The summed E-state index contributed by atoms with van der Waals surface area (Å²) < 4.78 is 0. The van der Waals surface area contributed by atoms with Gasteiger partial charge in [0.2, 0.25) is 0 Å². The van der Waals surface area contributed by atoms with Crippen LogP contribution in [-0.4, -0.2) is 17.5 Å². The highest BCUT2D eigenvalue weighted by atomic mass is 16.3. The first-order valence-electron chi connectivity index (χ1n) is 11.4. The fourth-order valence-electron chi connectivity index (χ4n) is 8.70. The van der Waals surface area contributed by atoms with E-state index in [0.29, 0.717) is 23.2 Å². The van der Waals surface area contributed by atoms with E-state index in [-0.39, 0.29) is 6.10 Å². The Kier molecular flexibility index (Phi) is 5.04. The maximum atomic E-state index is 10.7. The number of aliphatic hydroxyl groups excluding tert-OH is 1. The van der Waals surface area contributed by atoms with Gasteiger partial charge in [-0.15, -0.1) is 0 Å².